The lowest BCUT2D eigenvalue weighted by Gasteiger charge is -2.39. The highest BCUT2D eigenvalue weighted by Crippen LogP contribution is 2.44. The van der Waals surface area contributed by atoms with Crippen LogP contribution in [0.2, 0.25) is 5.02 Å². The van der Waals surface area contributed by atoms with Crippen molar-refractivity contribution < 1.29 is 58.4 Å². The Balaban J connectivity index is 0.734. The average molecular weight is 1270 g/mol. The fourth-order valence-corrected chi connectivity index (χ4v) is 16.0. The lowest BCUT2D eigenvalue weighted by atomic mass is 9.73. The summed E-state index contributed by atoms with van der Waals surface area (Å²) in [7, 11) is -11.1. The molecule has 11 rings (SSSR count). The molecule has 0 aromatic heterocycles. The van der Waals surface area contributed by atoms with E-state index in [1.54, 1.807) is 12.1 Å². The highest BCUT2D eigenvalue weighted by atomic mass is 35.5. The Kier molecular flexibility index (Phi) is 17.6. The van der Waals surface area contributed by atoms with E-state index < -0.39 is 88.3 Å². The smallest absolute Gasteiger partial charge is 0.380 e. The van der Waals surface area contributed by atoms with Crippen molar-refractivity contribution in [3.63, 3.8) is 0 Å². The van der Waals surface area contributed by atoms with Crippen molar-refractivity contribution in [2.75, 3.05) is 68.3 Å². The van der Waals surface area contributed by atoms with Gasteiger partial charge in [0, 0.05) is 116 Å². The normalized spacial score (nSPS) is 21.6. The second-order valence-electron chi connectivity index (χ2n) is 23.9. The first kappa shape index (κ1) is 62.0. The number of nitrogens with zero attached hydrogens (tertiary/aromatic N) is 5. The third kappa shape index (κ3) is 13.4. The van der Waals surface area contributed by atoms with E-state index in [0.29, 0.717) is 56.7 Å². The Morgan fingerprint density at radius 1 is 0.816 bits per heavy atom. The second kappa shape index (κ2) is 24.7. The number of allylic oxidation sites excluding steroid dienone is 1. The molecule has 2 unspecified atom stereocenters. The summed E-state index contributed by atoms with van der Waals surface area (Å²) in [5, 5.41) is 5.85. The number of fused-ring (bicyclic) bond motifs is 3. The lowest BCUT2D eigenvalue weighted by Crippen LogP contribution is -2.54. The number of anilines is 2. The molecule has 4 fully saturated rings. The number of sulfone groups is 1. The summed E-state index contributed by atoms with van der Waals surface area (Å²) in [6, 6.07) is 26.2. The molecule has 0 saturated carbocycles. The Bertz CT molecular complexity index is 3790. The van der Waals surface area contributed by atoms with Crippen LogP contribution in [0.25, 0.3) is 5.57 Å². The van der Waals surface area contributed by atoms with Gasteiger partial charge in [0.15, 0.2) is 0 Å². The Morgan fingerprint density at radius 2 is 1.49 bits per heavy atom. The predicted molar refractivity (Wildman–Crippen MR) is 322 cm³/mol. The standard InChI is InChI=1S/C62H65ClF4N8O9S3/c1-61(2)22-20-49(38-8-12-42(63)13-9-38)41(32-61)33-71-24-26-72(27-25-71)44-14-10-39(11-15-44)57(77)70-87(83,84)48-16-17-53(55(30-48)86(81,82)62(65,66)67)68-43(37-85-47-6-4-3-5-7-47)21-23-73-35-46-29-45(73)36-74(46)34-40-28-50-51(31-52(40)64)60(80)75(59(50)79)54-18-19-56(76)69-58(54)78/h3-17,28,30-31,43,45-46,54,68H,18-27,29,32-37H2,1-2H3,(H,70,77)(H,69,76,78)/t43?,45-,46-,54?/m1/s1. The van der Waals surface area contributed by atoms with Crippen LogP contribution in [0.4, 0.5) is 28.9 Å². The molecule has 87 heavy (non-hydrogen) atoms. The quantitative estimate of drug-likeness (QED) is 0.0401. The van der Waals surface area contributed by atoms with Crippen LogP contribution < -0.4 is 20.3 Å². The number of carbonyl (C=O) groups is 5. The minimum absolute atomic E-state index is 0.0276. The number of carbonyl (C=O) groups excluding carboxylic acids is 5. The molecule has 3 N–H and O–H groups in total. The molecule has 5 aliphatic heterocycles. The number of hydrogen-bond acceptors (Lipinski definition) is 15. The van der Waals surface area contributed by atoms with Crippen LogP contribution in [0.15, 0.2) is 129 Å². The van der Waals surface area contributed by atoms with E-state index >= 15 is 4.39 Å². The van der Waals surface area contributed by atoms with Gasteiger partial charge < -0.3 is 10.2 Å². The molecular formula is C62H65ClF4N8O9S3. The van der Waals surface area contributed by atoms with E-state index in [9.17, 15) is 54.0 Å². The predicted octanol–water partition coefficient (Wildman–Crippen LogP) is 9.00. The number of piperazine rings is 2. The van der Waals surface area contributed by atoms with E-state index in [4.69, 9.17) is 11.6 Å². The zero-order valence-electron chi connectivity index (χ0n) is 47.7. The van der Waals surface area contributed by atoms with Crippen molar-refractivity contribution in [2.45, 2.75) is 110 Å². The largest absolute Gasteiger partial charge is 0.501 e. The summed E-state index contributed by atoms with van der Waals surface area (Å²) in [6.07, 6.45) is 3.95. The van der Waals surface area contributed by atoms with Crippen LogP contribution in [0.1, 0.15) is 101 Å². The summed E-state index contributed by atoms with van der Waals surface area (Å²) in [4.78, 5) is 72.9. The van der Waals surface area contributed by atoms with Gasteiger partial charge in [0.1, 0.15) is 16.8 Å². The molecule has 5 heterocycles. The third-order valence-corrected chi connectivity index (χ3v) is 21.8. The highest BCUT2D eigenvalue weighted by Gasteiger charge is 2.50. The Labute approximate surface area is 511 Å². The van der Waals surface area contributed by atoms with E-state index in [1.807, 2.05) is 47.2 Å². The number of halogens is 5. The molecule has 5 amide bonds. The maximum atomic E-state index is 15.7. The maximum Gasteiger partial charge on any atom is 0.501 e. The molecule has 0 radical (unpaired) electrons. The molecule has 6 aliphatic rings. The molecule has 0 spiro atoms. The highest BCUT2D eigenvalue weighted by molar-refractivity contribution is 7.99. The number of imide groups is 2. The zero-order valence-corrected chi connectivity index (χ0v) is 51.0. The summed E-state index contributed by atoms with van der Waals surface area (Å²) in [5.41, 5.74) is -1.42. The number of alkyl halides is 3. The van der Waals surface area contributed by atoms with E-state index in [0.717, 1.165) is 72.6 Å². The van der Waals surface area contributed by atoms with E-state index in [-0.39, 0.29) is 64.9 Å². The van der Waals surface area contributed by atoms with E-state index in [1.165, 1.54) is 46.7 Å². The minimum Gasteiger partial charge on any atom is -0.380 e. The molecule has 25 heteroatoms. The number of thioether (sulfide) groups is 1. The van der Waals surface area contributed by atoms with Crippen LogP contribution in [0.5, 0.6) is 0 Å². The number of hydrogen-bond donors (Lipinski definition) is 3. The van der Waals surface area contributed by atoms with Gasteiger partial charge in [-0.15, -0.1) is 11.8 Å². The van der Waals surface area contributed by atoms with Crippen LogP contribution in [-0.4, -0.2) is 154 Å². The number of piperidine rings is 1. The van der Waals surface area contributed by atoms with Gasteiger partial charge in [0.25, 0.3) is 37.6 Å². The molecule has 5 aromatic rings. The van der Waals surface area contributed by atoms with Crippen molar-refractivity contribution in [2.24, 2.45) is 5.41 Å². The van der Waals surface area contributed by atoms with Gasteiger partial charge in [-0.1, -0.05) is 61.4 Å². The van der Waals surface area contributed by atoms with Crippen LogP contribution >= 0.6 is 23.4 Å². The average Bonchev–Trinajstić information content (AvgIpc) is 3.84. The molecule has 4 atom stereocenters. The van der Waals surface area contributed by atoms with Gasteiger partial charge in [-0.25, -0.2) is 25.9 Å². The molecule has 1 aliphatic carbocycles. The Morgan fingerprint density at radius 3 is 2.16 bits per heavy atom. The monoisotopic (exact) mass is 1270 g/mol. The van der Waals surface area contributed by atoms with Crippen LogP contribution in [0.3, 0.4) is 0 Å². The van der Waals surface area contributed by atoms with Gasteiger partial charge in [0.05, 0.1) is 21.7 Å². The van der Waals surface area contributed by atoms with Crippen molar-refractivity contribution in [3.8, 4) is 0 Å². The van der Waals surface area contributed by atoms with Gasteiger partial charge in [0.2, 0.25) is 11.8 Å². The van der Waals surface area contributed by atoms with Crippen molar-refractivity contribution in [1.29, 1.82) is 0 Å². The second-order valence-corrected chi connectivity index (χ2v) is 29.1. The first-order valence-corrected chi connectivity index (χ1v) is 33.2. The minimum atomic E-state index is -6.19. The van der Waals surface area contributed by atoms with Crippen molar-refractivity contribution in [3.05, 3.63) is 153 Å². The van der Waals surface area contributed by atoms with E-state index in [2.05, 4.69) is 56.2 Å². The van der Waals surface area contributed by atoms with Crippen molar-refractivity contribution in [1.82, 2.24) is 29.6 Å². The van der Waals surface area contributed by atoms with Crippen molar-refractivity contribution >= 4 is 89.7 Å². The summed E-state index contributed by atoms with van der Waals surface area (Å²) < 4.78 is 116. The SMILES string of the molecule is CC1(C)CCC(c2ccc(Cl)cc2)=C(CN2CCN(c3ccc(C(=O)NS(=O)(=O)c4ccc(NC(CCN5C[C@H]6C[C@@H]5CN6Cc5cc6c(cc5F)C(=O)N(C5CCC(=O)NC5=O)C6=O)CSc5ccccc5)c(S(=O)(=O)C(F)(F)F)c4)cc3)CC2)C1. The topological polar surface area (TPSA) is 206 Å². The number of sulfonamides is 1. The number of amides is 5. The third-order valence-electron chi connectivity index (χ3n) is 17.5. The van der Waals surface area contributed by atoms with Gasteiger partial charge in [-0.2, -0.15) is 13.2 Å². The zero-order chi connectivity index (χ0) is 61.7. The van der Waals surface area contributed by atoms with Crippen LogP contribution in [-0.2, 0) is 36.0 Å². The first-order chi connectivity index (χ1) is 41.3. The number of likely N-dealkylation sites (tertiary alicyclic amines) is 2. The molecule has 460 valence electrons. The maximum absolute atomic E-state index is 15.7. The molecular weight excluding hydrogens is 1210 g/mol. The summed E-state index contributed by atoms with van der Waals surface area (Å²) in [5.74, 6) is -4.40. The molecule has 2 bridgehead atoms. The van der Waals surface area contributed by atoms with Gasteiger partial charge >= 0.3 is 5.51 Å². The molecule has 17 nitrogen and oxygen atoms in total. The van der Waals surface area contributed by atoms with Gasteiger partial charge in [-0.3, -0.25) is 48.9 Å². The number of rotatable bonds is 19. The lowest BCUT2D eigenvalue weighted by molar-refractivity contribution is -0.136. The summed E-state index contributed by atoms with van der Waals surface area (Å²) in [6.45, 7) is 9.94. The summed E-state index contributed by atoms with van der Waals surface area (Å²) >= 11 is 7.59. The molecule has 4 saturated heterocycles. The number of nitrogens with one attached hydrogen (secondary N) is 3. The molecule has 5 aromatic carbocycles. The Hall–Kier alpha value is -6.67. The number of benzene rings is 5. The fraction of sp³-hybridized carbons (Fsp3) is 0.403. The first-order valence-electron chi connectivity index (χ1n) is 28.8. The van der Waals surface area contributed by atoms with Crippen LogP contribution in [0, 0.1) is 11.2 Å². The fourth-order valence-electron chi connectivity index (χ4n) is 12.8. The van der Waals surface area contributed by atoms with Gasteiger partial charge in [-0.05, 0) is 134 Å².